The zero-order chi connectivity index (χ0) is 13.1. The van der Waals surface area contributed by atoms with E-state index < -0.39 is 0 Å². The van der Waals surface area contributed by atoms with Crippen molar-refractivity contribution < 1.29 is 4.79 Å². The van der Waals surface area contributed by atoms with Gasteiger partial charge in [0.2, 0.25) is 0 Å². The van der Waals surface area contributed by atoms with Crippen LogP contribution in [0, 0.1) is 13.8 Å². The lowest BCUT2D eigenvalue weighted by atomic mass is 10.1. The third-order valence-electron chi connectivity index (χ3n) is 2.54. The van der Waals surface area contributed by atoms with Gasteiger partial charge in [-0.05, 0) is 31.5 Å². The molecule has 0 spiro atoms. The van der Waals surface area contributed by atoms with Crippen LogP contribution in [0.5, 0.6) is 0 Å². The highest BCUT2D eigenvalue weighted by atomic mass is 79.9. The summed E-state index contributed by atoms with van der Waals surface area (Å²) in [5.74, 6) is -0.0700. The number of aryl methyl sites for hydroxylation is 2. The Balaban J connectivity index is 2.05. The number of carbonyl (C=O) groups excluding carboxylic acids is 1. The van der Waals surface area contributed by atoms with Crippen LogP contribution < -0.4 is 5.32 Å². The second-order valence-corrected chi connectivity index (χ2v) is 5.98. The summed E-state index contributed by atoms with van der Waals surface area (Å²) in [6.07, 6.45) is 0. The molecular formula is C13H13BrN2OS. The van der Waals surface area contributed by atoms with Gasteiger partial charge < -0.3 is 5.32 Å². The lowest BCUT2D eigenvalue weighted by Crippen LogP contribution is -2.23. The van der Waals surface area contributed by atoms with Crippen LogP contribution >= 0.6 is 27.3 Å². The Bertz CT molecular complexity index is 580. The molecule has 0 saturated carbocycles. The minimum Gasteiger partial charge on any atom is -0.346 e. The van der Waals surface area contributed by atoms with Gasteiger partial charge in [-0.3, -0.25) is 4.79 Å². The Labute approximate surface area is 118 Å². The van der Waals surface area contributed by atoms with Crippen molar-refractivity contribution in [2.24, 2.45) is 0 Å². The van der Waals surface area contributed by atoms with Crippen LogP contribution in [0.15, 0.2) is 28.1 Å². The average Bonchev–Trinajstić information content (AvgIpc) is 2.75. The number of halogens is 1. The summed E-state index contributed by atoms with van der Waals surface area (Å²) in [6, 6.07) is 5.68. The molecule has 94 valence electrons. The number of benzene rings is 1. The first-order valence-electron chi connectivity index (χ1n) is 5.51. The molecule has 2 aromatic rings. The van der Waals surface area contributed by atoms with Crippen LogP contribution in [-0.2, 0) is 6.54 Å². The maximum atomic E-state index is 12.0. The molecule has 0 aliphatic rings. The number of aromatic nitrogens is 1. The molecule has 5 heteroatoms. The Morgan fingerprint density at radius 2 is 2.22 bits per heavy atom. The molecule has 1 aromatic carbocycles. The van der Waals surface area contributed by atoms with Crippen LogP contribution in [0.3, 0.4) is 0 Å². The second kappa shape index (κ2) is 5.63. The van der Waals surface area contributed by atoms with E-state index in [1.807, 2.05) is 37.4 Å². The quantitative estimate of drug-likeness (QED) is 0.939. The Morgan fingerprint density at radius 3 is 2.89 bits per heavy atom. The van der Waals surface area contributed by atoms with E-state index >= 15 is 0 Å². The van der Waals surface area contributed by atoms with E-state index in [0.717, 1.165) is 20.7 Å². The lowest BCUT2D eigenvalue weighted by molar-refractivity contribution is 0.0950. The summed E-state index contributed by atoms with van der Waals surface area (Å²) >= 11 is 4.96. The van der Waals surface area contributed by atoms with E-state index in [1.54, 1.807) is 11.3 Å². The maximum absolute atomic E-state index is 12.0. The summed E-state index contributed by atoms with van der Waals surface area (Å²) in [5.41, 5.74) is 2.56. The molecule has 0 atom stereocenters. The third kappa shape index (κ3) is 3.17. The van der Waals surface area contributed by atoms with Crippen molar-refractivity contribution in [3.05, 3.63) is 49.9 Å². The molecule has 1 N–H and O–H groups in total. The van der Waals surface area contributed by atoms with Crippen LogP contribution in [0.1, 0.15) is 26.6 Å². The predicted octanol–water partition coefficient (Wildman–Crippen LogP) is 3.45. The van der Waals surface area contributed by atoms with Gasteiger partial charge in [-0.1, -0.05) is 22.0 Å². The molecule has 0 aliphatic heterocycles. The van der Waals surface area contributed by atoms with E-state index in [0.29, 0.717) is 12.1 Å². The number of nitrogens with zero attached hydrogens (tertiary/aromatic N) is 1. The summed E-state index contributed by atoms with van der Waals surface area (Å²) < 4.78 is 0.905. The highest BCUT2D eigenvalue weighted by Gasteiger charge is 2.09. The molecule has 0 aliphatic carbocycles. The maximum Gasteiger partial charge on any atom is 0.251 e. The van der Waals surface area contributed by atoms with Crippen molar-refractivity contribution in [3.63, 3.8) is 0 Å². The van der Waals surface area contributed by atoms with E-state index in [-0.39, 0.29) is 5.91 Å². The van der Waals surface area contributed by atoms with Gasteiger partial charge >= 0.3 is 0 Å². The second-order valence-electron chi connectivity index (χ2n) is 4.00. The van der Waals surface area contributed by atoms with Gasteiger partial charge in [0.25, 0.3) is 5.91 Å². The monoisotopic (exact) mass is 324 g/mol. The summed E-state index contributed by atoms with van der Waals surface area (Å²) in [7, 11) is 0. The Kier molecular flexibility index (Phi) is 4.14. The summed E-state index contributed by atoms with van der Waals surface area (Å²) in [5, 5.41) is 5.85. The molecule has 0 radical (unpaired) electrons. The number of hydrogen-bond acceptors (Lipinski definition) is 3. The van der Waals surface area contributed by atoms with Crippen LogP contribution in [0.2, 0.25) is 0 Å². The molecule has 0 unspecified atom stereocenters. The Morgan fingerprint density at radius 1 is 1.44 bits per heavy atom. The predicted molar refractivity (Wildman–Crippen MR) is 76.9 cm³/mol. The zero-order valence-electron chi connectivity index (χ0n) is 10.2. The smallest absolute Gasteiger partial charge is 0.251 e. The molecule has 2 rings (SSSR count). The number of nitrogens with one attached hydrogen (secondary N) is 1. The fraction of sp³-hybridized carbons (Fsp3) is 0.231. The normalized spacial score (nSPS) is 10.4. The Hall–Kier alpha value is -1.20. The van der Waals surface area contributed by atoms with Gasteiger partial charge in [-0.25, -0.2) is 4.98 Å². The molecule has 1 aromatic heterocycles. The molecule has 1 heterocycles. The van der Waals surface area contributed by atoms with Gasteiger partial charge in [0.1, 0.15) is 0 Å². The van der Waals surface area contributed by atoms with Gasteiger partial charge in [0.05, 0.1) is 17.2 Å². The van der Waals surface area contributed by atoms with Gasteiger partial charge in [-0.15, -0.1) is 11.3 Å². The summed E-state index contributed by atoms with van der Waals surface area (Å²) in [4.78, 5) is 16.4. The SMILES string of the molecule is Cc1nc(CNC(=O)c2cc(Br)ccc2C)cs1. The van der Waals surface area contributed by atoms with Crippen LogP contribution in [0.25, 0.3) is 0 Å². The van der Waals surface area contributed by atoms with E-state index in [9.17, 15) is 4.79 Å². The van der Waals surface area contributed by atoms with Gasteiger partial charge in [0, 0.05) is 15.4 Å². The number of hydrogen-bond donors (Lipinski definition) is 1. The number of thiazole rings is 1. The minimum absolute atomic E-state index is 0.0700. The molecule has 0 bridgehead atoms. The van der Waals surface area contributed by atoms with Crippen molar-refractivity contribution in [2.45, 2.75) is 20.4 Å². The standard InChI is InChI=1S/C13H13BrN2OS/c1-8-3-4-10(14)5-12(8)13(17)15-6-11-7-18-9(2)16-11/h3-5,7H,6H2,1-2H3,(H,15,17). The van der Waals surface area contributed by atoms with Gasteiger partial charge in [-0.2, -0.15) is 0 Å². The first-order chi connectivity index (χ1) is 8.56. The van der Waals surface area contributed by atoms with E-state index in [1.165, 1.54) is 0 Å². The molecule has 0 saturated heterocycles. The molecular weight excluding hydrogens is 312 g/mol. The van der Waals surface area contributed by atoms with Crippen molar-refractivity contribution >= 4 is 33.2 Å². The van der Waals surface area contributed by atoms with Crippen molar-refractivity contribution in [1.82, 2.24) is 10.3 Å². The fourth-order valence-corrected chi connectivity index (χ4v) is 2.57. The van der Waals surface area contributed by atoms with Crippen LogP contribution in [-0.4, -0.2) is 10.9 Å². The molecule has 0 fully saturated rings. The fourth-order valence-electron chi connectivity index (χ4n) is 1.59. The van der Waals surface area contributed by atoms with Crippen molar-refractivity contribution in [3.8, 4) is 0 Å². The number of amides is 1. The first-order valence-corrected chi connectivity index (χ1v) is 7.19. The highest BCUT2D eigenvalue weighted by molar-refractivity contribution is 9.10. The lowest BCUT2D eigenvalue weighted by Gasteiger charge is -2.07. The summed E-state index contributed by atoms with van der Waals surface area (Å²) in [6.45, 7) is 4.35. The van der Waals surface area contributed by atoms with E-state index in [4.69, 9.17) is 0 Å². The number of rotatable bonds is 3. The molecule has 3 nitrogen and oxygen atoms in total. The number of carbonyl (C=O) groups is 1. The third-order valence-corrected chi connectivity index (χ3v) is 3.86. The zero-order valence-corrected chi connectivity index (χ0v) is 12.6. The average molecular weight is 325 g/mol. The highest BCUT2D eigenvalue weighted by Crippen LogP contribution is 2.16. The molecule has 1 amide bonds. The van der Waals surface area contributed by atoms with Crippen molar-refractivity contribution in [2.75, 3.05) is 0 Å². The van der Waals surface area contributed by atoms with E-state index in [2.05, 4.69) is 26.2 Å². The molecule has 18 heavy (non-hydrogen) atoms. The van der Waals surface area contributed by atoms with Crippen LogP contribution in [0.4, 0.5) is 0 Å². The first kappa shape index (κ1) is 13.2. The van der Waals surface area contributed by atoms with Crippen molar-refractivity contribution in [1.29, 1.82) is 0 Å². The minimum atomic E-state index is -0.0700. The topological polar surface area (TPSA) is 42.0 Å². The van der Waals surface area contributed by atoms with Gasteiger partial charge in [0.15, 0.2) is 0 Å². The largest absolute Gasteiger partial charge is 0.346 e.